The fourth-order valence-corrected chi connectivity index (χ4v) is 3.61. The highest BCUT2D eigenvalue weighted by molar-refractivity contribution is 6.40. The third-order valence-corrected chi connectivity index (χ3v) is 6.08. The van der Waals surface area contributed by atoms with Gasteiger partial charge in [0.15, 0.2) is 0 Å². The van der Waals surface area contributed by atoms with Crippen molar-refractivity contribution in [1.82, 2.24) is 0 Å². The Labute approximate surface area is 297 Å². The van der Waals surface area contributed by atoms with Gasteiger partial charge in [0.25, 0.3) is 5.78 Å². The molecule has 50 heavy (non-hydrogen) atoms. The number of hydrogen-bond donors (Lipinski definition) is 0. The van der Waals surface area contributed by atoms with Crippen molar-refractivity contribution in [2.24, 2.45) is 0 Å². The molecular weight excluding hydrogens is 660 g/mol. The average molecular weight is 721 g/mol. The molecule has 0 bridgehead atoms. The van der Waals surface area contributed by atoms with Crippen molar-refractivity contribution in [2.75, 3.05) is 159 Å². The van der Waals surface area contributed by atoms with Crippen molar-refractivity contribution >= 4 is 11.8 Å². The largest absolute Gasteiger partial charge is 0.457 e. The summed E-state index contributed by atoms with van der Waals surface area (Å²) >= 11 is 0. The van der Waals surface area contributed by atoms with Crippen LogP contribution in [0.25, 0.3) is 0 Å². The van der Waals surface area contributed by atoms with Gasteiger partial charge in [-0.2, -0.15) is 0 Å². The lowest BCUT2D eigenvalue weighted by atomic mass is 10.1. The molecular formula is C35H60O15. The number of esters is 1. The minimum atomic E-state index is -0.898. The number of carbonyl (C=O) groups is 2. The Morgan fingerprint density at radius 1 is 0.400 bits per heavy atom. The van der Waals surface area contributed by atoms with E-state index in [9.17, 15) is 9.59 Å². The summed E-state index contributed by atoms with van der Waals surface area (Å²) in [5.41, 5.74) is 0.295. The second-order valence-corrected chi connectivity index (χ2v) is 10.5. The molecule has 0 aliphatic heterocycles. The predicted octanol–water partition coefficient (Wildman–Crippen LogP) is 2.02. The van der Waals surface area contributed by atoms with E-state index in [1.165, 1.54) is 0 Å². The molecule has 0 fully saturated rings. The maximum atomic E-state index is 11.9. The molecule has 0 aliphatic carbocycles. The smallest absolute Gasteiger partial charge is 0.379 e. The van der Waals surface area contributed by atoms with E-state index in [4.69, 9.17) is 61.6 Å². The number of rotatable bonds is 39. The van der Waals surface area contributed by atoms with Gasteiger partial charge >= 0.3 is 5.97 Å². The molecule has 0 aromatic heterocycles. The van der Waals surface area contributed by atoms with E-state index < -0.39 is 11.8 Å². The summed E-state index contributed by atoms with van der Waals surface area (Å²) in [4.78, 5) is 23.6. The lowest BCUT2D eigenvalue weighted by Gasteiger charge is -2.09. The third-order valence-electron chi connectivity index (χ3n) is 6.08. The molecule has 15 heteroatoms. The Kier molecular flexibility index (Phi) is 33.7. The Bertz CT molecular complexity index is 875. The van der Waals surface area contributed by atoms with E-state index >= 15 is 0 Å². The van der Waals surface area contributed by atoms with Crippen molar-refractivity contribution < 1.29 is 71.2 Å². The topological polar surface area (TPSA) is 154 Å². The van der Waals surface area contributed by atoms with E-state index in [1.54, 1.807) is 30.3 Å². The second-order valence-electron chi connectivity index (χ2n) is 10.5. The fourth-order valence-electron chi connectivity index (χ4n) is 3.61. The van der Waals surface area contributed by atoms with Gasteiger partial charge in [0.05, 0.1) is 158 Å². The average Bonchev–Trinajstić information content (AvgIpc) is 3.12. The van der Waals surface area contributed by atoms with Crippen molar-refractivity contribution in [2.45, 2.75) is 20.0 Å². The first-order valence-corrected chi connectivity index (χ1v) is 17.3. The number of ketones is 1. The Morgan fingerprint density at radius 2 is 0.660 bits per heavy atom. The van der Waals surface area contributed by atoms with Crippen LogP contribution >= 0.6 is 0 Å². The van der Waals surface area contributed by atoms with E-state index in [1.807, 2.05) is 13.8 Å². The van der Waals surface area contributed by atoms with Crippen molar-refractivity contribution in [1.29, 1.82) is 0 Å². The number of carbonyl (C=O) groups excluding carboxylic acids is 2. The maximum absolute atomic E-state index is 11.9. The van der Waals surface area contributed by atoms with Gasteiger partial charge in [-0.25, -0.2) is 4.79 Å². The SMILES string of the molecule is CC(C)OCCOCCOCCOCCOCCOCCOCCOCCOCCOCCOCCOCCOC(=O)C(=O)c1ccccc1. The van der Waals surface area contributed by atoms with Crippen LogP contribution in [0, 0.1) is 0 Å². The number of hydrogen-bond acceptors (Lipinski definition) is 15. The van der Waals surface area contributed by atoms with Gasteiger partial charge in [-0.15, -0.1) is 0 Å². The Balaban J connectivity index is 1.65. The van der Waals surface area contributed by atoms with Gasteiger partial charge in [0.2, 0.25) is 0 Å². The van der Waals surface area contributed by atoms with Crippen molar-refractivity contribution in [3.63, 3.8) is 0 Å². The molecule has 0 amide bonds. The lowest BCUT2D eigenvalue weighted by Crippen LogP contribution is -2.20. The summed E-state index contributed by atoms with van der Waals surface area (Å²) in [6.45, 7) is 14.9. The van der Waals surface area contributed by atoms with Gasteiger partial charge in [0.1, 0.15) is 6.61 Å². The second kappa shape index (κ2) is 36.7. The standard InChI is InChI=1S/C35H60O15/c1-32(2)49-30-28-47-26-24-45-22-20-43-18-16-41-14-12-39-10-8-38-9-11-40-13-15-42-17-19-44-21-23-46-25-27-48-29-31-50-35(37)34(36)33-6-4-3-5-7-33/h3-7,32H,8-31H2,1-2H3. The maximum Gasteiger partial charge on any atom is 0.379 e. The molecule has 1 aromatic rings. The Hall–Kier alpha value is -2.12. The van der Waals surface area contributed by atoms with Crippen LogP contribution in [-0.4, -0.2) is 176 Å². The monoisotopic (exact) mass is 720 g/mol. The molecule has 0 atom stereocenters. The van der Waals surface area contributed by atoms with E-state index in [0.717, 1.165) is 0 Å². The summed E-state index contributed by atoms with van der Waals surface area (Å²) in [5.74, 6) is -1.57. The van der Waals surface area contributed by atoms with Crippen LogP contribution in [0.4, 0.5) is 0 Å². The van der Waals surface area contributed by atoms with Crippen LogP contribution in [0.15, 0.2) is 30.3 Å². The summed E-state index contributed by atoms with van der Waals surface area (Å²) in [7, 11) is 0. The lowest BCUT2D eigenvalue weighted by molar-refractivity contribution is -0.139. The highest BCUT2D eigenvalue weighted by Gasteiger charge is 2.17. The molecule has 0 radical (unpaired) electrons. The number of benzene rings is 1. The summed E-state index contributed by atoms with van der Waals surface area (Å²) < 4.78 is 70.1. The zero-order valence-corrected chi connectivity index (χ0v) is 30.1. The predicted molar refractivity (Wildman–Crippen MR) is 182 cm³/mol. The van der Waals surface area contributed by atoms with Gasteiger partial charge in [-0.3, -0.25) is 4.79 Å². The highest BCUT2D eigenvalue weighted by Crippen LogP contribution is 2.01. The van der Waals surface area contributed by atoms with Crippen LogP contribution < -0.4 is 0 Å². The van der Waals surface area contributed by atoms with Crippen molar-refractivity contribution in [3.8, 4) is 0 Å². The molecule has 0 spiro atoms. The molecule has 0 N–H and O–H groups in total. The van der Waals surface area contributed by atoms with Gasteiger partial charge in [0, 0.05) is 5.56 Å². The molecule has 0 aliphatic rings. The fraction of sp³-hybridized carbons (Fsp3) is 0.771. The highest BCUT2D eigenvalue weighted by atomic mass is 16.6. The van der Waals surface area contributed by atoms with Crippen molar-refractivity contribution in [3.05, 3.63) is 35.9 Å². The Morgan fingerprint density at radius 3 is 0.940 bits per heavy atom. The zero-order valence-electron chi connectivity index (χ0n) is 30.1. The molecule has 1 rings (SSSR count). The van der Waals surface area contributed by atoms with Crippen LogP contribution in [0.3, 0.4) is 0 Å². The van der Waals surface area contributed by atoms with Gasteiger partial charge in [-0.05, 0) is 13.8 Å². The first-order chi connectivity index (χ1) is 24.6. The molecule has 1 aromatic carbocycles. The quantitative estimate of drug-likeness (QED) is 0.0421. The van der Waals surface area contributed by atoms with Gasteiger partial charge in [-0.1, -0.05) is 30.3 Å². The van der Waals surface area contributed by atoms with Crippen LogP contribution in [0.5, 0.6) is 0 Å². The van der Waals surface area contributed by atoms with Crippen LogP contribution in [0.1, 0.15) is 24.2 Å². The van der Waals surface area contributed by atoms with E-state index in [0.29, 0.717) is 151 Å². The van der Waals surface area contributed by atoms with Gasteiger partial charge < -0.3 is 61.6 Å². The normalized spacial score (nSPS) is 11.4. The first-order valence-electron chi connectivity index (χ1n) is 17.3. The van der Waals surface area contributed by atoms with Crippen LogP contribution in [0.2, 0.25) is 0 Å². The molecule has 0 heterocycles. The van der Waals surface area contributed by atoms with E-state index in [-0.39, 0.29) is 19.3 Å². The molecule has 0 saturated carbocycles. The minimum absolute atomic E-state index is 0.00369. The third kappa shape index (κ3) is 31.8. The molecule has 0 unspecified atom stereocenters. The first kappa shape index (κ1) is 45.9. The molecule has 290 valence electrons. The zero-order chi connectivity index (χ0) is 36.0. The number of ether oxygens (including phenoxy) is 13. The van der Waals surface area contributed by atoms with Crippen LogP contribution in [-0.2, 0) is 66.4 Å². The molecule has 0 saturated heterocycles. The van der Waals surface area contributed by atoms with E-state index in [2.05, 4.69) is 0 Å². The summed E-state index contributed by atoms with van der Waals surface area (Å²) in [5, 5.41) is 0. The minimum Gasteiger partial charge on any atom is -0.457 e. The summed E-state index contributed by atoms with van der Waals surface area (Å²) in [6.07, 6.45) is 0.223. The summed E-state index contributed by atoms with van der Waals surface area (Å²) in [6, 6.07) is 8.26. The molecule has 15 nitrogen and oxygen atoms in total. The number of Topliss-reactive ketones (excluding diaryl/α,β-unsaturated/α-hetero) is 1.